The van der Waals surface area contributed by atoms with Gasteiger partial charge in [-0.2, -0.15) is 5.10 Å². The maximum Gasteiger partial charge on any atom is 0.330 e. The number of aliphatic carboxylic acids is 1. The van der Waals surface area contributed by atoms with Crippen LogP contribution in [0.4, 0.5) is 0 Å². The Balaban J connectivity index is 1.90. The molecule has 0 aliphatic heterocycles. The zero-order valence-corrected chi connectivity index (χ0v) is 13.9. The number of nitrogens with zero attached hydrogens (tertiary/aromatic N) is 1. The van der Waals surface area contributed by atoms with Gasteiger partial charge in [0.1, 0.15) is 5.54 Å². The fourth-order valence-corrected chi connectivity index (χ4v) is 3.43. The summed E-state index contributed by atoms with van der Waals surface area (Å²) < 4.78 is 5.60. The topological polar surface area (TPSA) is 104 Å². The second-order valence-corrected chi connectivity index (χ2v) is 6.65. The third-order valence-corrected chi connectivity index (χ3v) is 5.14. The molecule has 0 spiro atoms. The van der Waals surface area contributed by atoms with Gasteiger partial charge < -0.3 is 15.2 Å². The van der Waals surface area contributed by atoms with Crippen LogP contribution in [0.15, 0.2) is 24.3 Å². The number of hydrogen-bond donors (Lipinski definition) is 3. The monoisotopic (exact) mass is 331 g/mol. The standard InChI is InChI=1S/C17H21N3O4/c1-4-24-12-9-17(15(22)23,16(12,2)3)18-14(21)13-10-7-5-6-8-11(10)19-20-13/h5-8,12H,4,9H2,1-3H3,(H,18,21)(H,19,20)(H,22,23)/t12-,17+/m1/s1. The lowest BCUT2D eigenvalue weighted by Gasteiger charge is -2.58. The number of carbonyl (C=O) groups excluding carboxylic acids is 1. The molecule has 0 bridgehead atoms. The van der Waals surface area contributed by atoms with E-state index in [4.69, 9.17) is 4.74 Å². The Morgan fingerprint density at radius 3 is 2.75 bits per heavy atom. The number of H-pyrrole nitrogens is 1. The van der Waals surface area contributed by atoms with E-state index in [0.29, 0.717) is 12.0 Å². The minimum absolute atomic E-state index is 0.196. The molecule has 0 radical (unpaired) electrons. The Morgan fingerprint density at radius 2 is 2.12 bits per heavy atom. The Hall–Kier alpha value is -2.41. The Kier molecular flexibility index (Phi) is 3.83. The number of para-hydroxylation sites is 1. The second kappa shape index (κ2) is 5.59. The van der Waals surface area contributed by atoms with Gasteiger partial charge in [-0.1, -0.05) is 32.0 Å². The normalized spacial score (nSPS) is 25.2. The van der Waals surface area contributed by atoms with Crippen LogP contribution in [0.2, 0.25) is 0 Å². The van der Waals surface area contributed by atoms with E-state index in [9.17, 15) is 14.7 Å². The van der Waals surface area contributed by atoms with Gasteiger partial charge in [0.25, 0.3) is 5.91 Å². The molecular formula is C17H21N3O4. The summed E-state index contributed by atoms with van der Waals surface area (Å²) in [4.78, 5) is 24.6. The third-order valence-electron chi connectivity index (χ3n) is 5.14. The fourth-order valence-electron chi connectivity index (χ4n) is 3.43. The van der Waals surface area contributed by atoms with Crippen LogP contribution in [0.3, 0.4) is 0 Å². The number of carbonyl (C=O) groups is 2. The molecule has 1 aliphatic carbocycles. The van der Waals surface area contributed by atoms with Crippen LogP contribution in [0.1, 0.15) is 37.7 Å². The number of fused-ring (bicyclic) bond motifs is 1. The van der Waals surface area contributed by atoms with Gasteiger partial charge in [-0.25, -0.2) is 4.79 Å². The van der Waals surface area contributed by atoms with Gasteiger partial charge in [0.05, 0.1) is 11.6 Å². The van der Waals surface area contributed by atoms with Crippen LogP contribution >= 0.6 is 0 Å². The molecule has 1 amide bonds. The zero-order valence-electron chi connectivity index (χ0n) is 13.9. The number of benzene rings is 1. The van der Waals surface area contributed by atoms with Crippen LogP contribution < -0.4 is 5.32 Å². The number of rotatable bonds is 5. The number of ether oxygens (including phenoxy) is 1. The molecule has 128 valence electrons. The number of aromatic nitrogens is 2. The van der Waals surface area contributed by atoms with Crippen molar-refractivity contribution in [3.8, 4) is 0 Å². The van der Waals surface area contributed by atoms with E-state index in [1.807, 2.05) is 19.1 Å². The number of hydrogen-bond acceptors (Lipinski definition) is 4. The average Bonchev–Trinajstić information content (AvgIpc) is 2.97. The van der Waals surface area contributed by atoms with Crippen molar-refractivity contribution in [2.24, 2.45) is 5.41 Å². The lowest BCUT2D eigenvalue weighted by atomic mass is 9.54. The zero-order chi connectivity index (χ0) is 17.5. The van der Waals surface area contributed by atoms with E-state index in [0.717, 1.165) is 5.52 Å². The molecule has 1 aromatic carbocycles. The number of amides is 1. The molecule has 2 aromatic rings. The smallest absolute Gasteiger partial charge is 0.330 e. The van der Waals surface area contributed by atoms with Crippen molar-refractivity contribution in [2.75, 3.05) is 6.61 Å². The Bertz CT molecular complexity index is 798. The molecular weight excluding hydrogens is 310 g/mol. The number of carboxylic acids is 1. The van der Waals surface area contributed by atoms with Gasteiger partial charge in [0, 0.05) is 23.8 Å². The molecule has 1 aromatic heterocycles. The van der Waals surface area contributed by atoms with Gasteiger partial charge in [-0.3, -0.25) is 9.89 Å². The molecule has 0 unspecified atom stereocenters. The highest BCUT2D eigenvalue weighted by Gasteiger charge is 2.66. The molecule has 1 saturated carbocycles. The van der Waals surface area contributed by atoms with Gasteiger partial charge in [0.15, 0.2) is 5.69 Å². The number of nitrogens with one attached hydrogen (secondary N) is 2. The molecule has 0 saturated heterocycles. The molecule has 24 heavy (non-hydrogen) atoms. The van der Waals surface area contributed by atoms with E-state index in [1.165, 1.54) is 0 Å². The van der Waals surface area contributed by atoms with Crippen LogP contribution in [0, 0.1) is 5.41 Å². The molecule has 7 heteroatoms. The minimum Gasteiger partial charge on any atom is -0.479 e. The maximum atomic E-state index is 12.7. The number of aromatic amines is 1. The summed E-state index contributed by atoms with van der Waals surface area (Å²) >= 11 is 0. The van der Waals surface area contributed by atoms with Gasteiger partial charge >= 0.3 is 5.97 Å². The molecule has 1 fully saturated rings. The maximum absolute atomic E-state index is 12.7. The highest BCUT2D eigenvalue weighted by atomic mass is 16.5. The van der Waals surface area contributed by atoms with Crippen molar-refractivity contribution < 1.29 is 19.4 Å². The van der Waals surface area contributed by atoms with Gasteiger partial charge in [0.2, 0.25) is 0 Å². The molecule has 3 N–H and O–H groups in total. The fraction of sp³-hybridized carbons (Fsp3) is 0.471. The highest BCUT2D eigenvalue weighted by molar-refractivity contribution is 6.06. The second-order valence-electron chi connectivity index (χ2n) is 6.65. The van der Waals surface area contributed by atoms with Crippen molar-refractivity contribution in [3.05, 3.63) is 30.0 Å². The predicted octanol–water partition coefficient (Wildman–Crippen LogP) is 1.95. The molecule has 1 aliphatic rings. The SMILES string of the molecule is CCO[C@@H]1C[C@](NC(=O)c2n[nH]c3ccccc23)(C(=O)O)C1(C)C. The first kappa shape index (κ1) is 16.4. The van der Waals surface area contributed by atoms with Crippen molar-refractivity contribution in [2.45, 2.75) is 38.8 Å². The lowest BCUT2D eigenvalue weighted by molar-refractivity contribution is -0.190. The summed E-state index contributed by atoms with van der Waals surface area (Å²) in [5.41, 5.74) is -1.17. The van der Waals surface area contributed by atoms with Crippen LogP contribution in [0.5, 0.6) is 0 Å². The van der Waals surface area contributed by atoms with Crippen LogP contribution in [0.25, 0.3) is 10.9 Å². The van der Waals surface area contributed by atoms with Crippen LogP contribution in [-0.4, -0.2) is 45.4 Å². The Labute approximate surface area is 139 Å². The summed E-state index contributed by atoms with van der Waals surface area (Å²) in [5, 5.41) is 20.0. The lowest BCUT2D eigenvalue weighted by Crippen LogP contribution is -2.76. The van der Waals surface area contributed by atoms with E-state index in [-0.39, 0.29) is 18.2 Å². The molecule has 7 nitrogen and oxygen atoms in total. The van der Waals surface area contributed by atoms with E-state index < -0.39 is 22.8 Å². The third kappa shape index (κ3) is 2.19. The van der Waals surface area contributed by atoms with E-state index >= 15 is 0 Å². The van der Waals surface area contributed by atoms with E-state index in [2.05, 4.69) is 15.5 Å². The summed E-state index contributed by atoms with van der Waals surface area (Å²) in [7, 11) is 0. The highest BCUT2D eigenvalue weighted by Crippen LogP contribution is 2.51. The molecule has 2 atom stereocenters. The average molecular weight is 331 g/mol. The summed E-state index contributed by atoms with van der Waals surface area (Å²) in [6.07, 6.45) is 0.0203. The van der Waals surface area contributed by atoms with Crippen molar-refractivity contribution >= 4 is 22.8 Å². The first-order valence-corrected chi connectivity index (χ1v) is 7.94. The Morgan fingerprint density at radius 1 is 1.42 bits per heavy atom. The molecule has 1 heterocycles. The van der Waals surface area contributed by atoms with Gasteiger partial charge in [-0.15, -0.1) is 0 Å². The van der Waals surface area contributed by atoms with Crippen LogP contribution in [-0.2, 0) is 9.53 Å². The van der Waals surface area contributed by atoms with Gasteiger partial charge in [-0.05, 0) is 13.0 Å². The van der Waals surface area contributed by atoms with E-state index in [1.54, 1.807) is 26.0 Å². The van der Waals surface area contributed by atoms with Crippen molar-refractivity contribution in [1.82, 2.24) is 15.5 Å². The first-order valence-electron chi connectivity index (χ1n) is 7.94. The minimum atomic E-state index is -1.37. The van der Waals surface area contributed by atoms with Crippen molar-refractivity contribution in [3.63, 3.8) is 0 Å². The molecule has 3 rings (SSSR count). The quantitative estimate of drug-likeness (QED) is 0.777. The summed E-state index contributed by atoms with van der Waals surface area (Å²) in [5.74, 6) is -1.56. The summed E-state index contributed by atoms with van der Waals surface area (Å²) in [6.45, 7) is 5.97. The first-order chi connectivity index (χ1) is 11.3. The largest absolute Gasteiger partial charge is 0.479 e. The number of carboxylic acid groups (broad SMARTS) is 1. The predicted molar refractivity (Wildman–Crippen MR) is 87.7 cm³/mol. The summed E-state index contributed by atoms with van der Waals surface area (Å²) in [6, 6.07) is 7.23. The van der Waals surface area contributed by atoms with Crippen molar-refractivity contribution in [1.29, 1.82) is 0 Å².